The Balaban J connectivity index is 1.19. The number of ether oxygens (including phenoxy) is 1. The average Bonchev–Trinajstić information content (AvgIpc) is 3.82. The van der Waals surface area contributed by atoms with Gasteiger partial charge in [0.25, 0.3) is 11.8 Å². The molecule has 0 spiro atoms. The number of pyridine rings is 1. The number of amides is 2. The number of nitrogens with two attached hydrogens (primary N) is 2. The normalized spacial score (nSPS) is 21.4. The molecule has 1 saturated heterocycles. The number of nitrogens with one attached hydrogen (secondary N) is 1. The molecular formula is C25H27N9O3. The Kier molecular flexibility index (Phi) is 5.43. The molecule has 0 aromatic carbocycles. The predicted molar refractivity (Wildman–Crippen MR) is 131 cm³/mol. The molecule has 2 aromatic heterocycles. The van der Waals surface area contributed by atoms with Crippen LogP contribution in [0.1, 0.15) is 71.2 Å². The molecule has 1 aliphatic heterocycles. The average molecular weight is 502 g/mol. The number of anilines is 2. The van der Waals surface area contributed by atoms with Crippen molar-refractivity contribution in [1.82, 2.24) is 25.3 Å². The van der Waals surface area contributed by atoms with E-state index < -0.39 is 11.3 Å². The van der Waals surface area contributed by atoms with Crippen LogP contribution in [0.3, 0.4) is 0 Å². The predicted octanol–water partition coefficient (Wildman–Crippen LogP) is 1.42. The first-order chi connectivity index (χ1) is 17.8. The maximum Gasteiger partial charge on any atom is 0.322 e. The van der Waals surface area contributed by atoms with Crippen LogP contribution < -0.4 is 26.4 Å². The van der Waals surface area contributed by atoms with Gasteiger partial charge in [-0.2, -0.15) is 20.2 Å². The van der Waals surface area contributed by atoms with Crippen molar-refractivity contribution in [3.63, 3.8) is 0 Å². The molecule has 0 radical (unpaired) electrons. The van der Waals surface area contributed by atoms with E-state index in [2.05, 4.69) is 31.3 Å². The maximum absolute atomic E-state index is 12.9. The molecule has 12 nitrogen and oxygen atoms in total. The first-order valence-corrected chi connectivity index (χ1v) is 12.5. The molecule has 3 heterocycles. The van der Waals surface area contributed by atoms with Crippen LogP contribution in [0.4, 0.5) is 11.6 Å². The van der Waals surface area contributed by atoms with Gasteiger partial charge < -0.3 is 26.4 Å². The summed E-state index contributed by atoms with van der Waals surface area (Å²) in [5, 5.41) is 12.3. The van der Waals surface area contributed by atoms with Crippen LogP contribution in [-0.2, 0) is 0 Å². The van der Waals surface area contributed by atoms with Crippen LogP contribution in [0.2, 0.25) is 0 Å². The molecule has 3 aliphatic carbocycles. The zero-order valence-electron chi connectivity index (χ0n) is 20.2. The summed E-state index contributed by atoms with van der Waals surface area (Å²) in [6.07, 6.45) is 4.95. The first-order valence-electron chi connectivity index (χ1n) is 12.5. The van der Waals surface area contributed by atoms with Crippen molar-refractivity contribution < 1.29 is 14.3 Å². The summed E-state index contributed by atoms with van der Waals surface area (Å²) in [6, 6.07) is 5.81. The molecule has 3 fully saturated rings. The van der Waals surface area contributed by atoms with Gasteiger partial charge >= 0.3 is 6.01 Å². The van der Waals surface area contributed by atoms with Gasteiger partial charge in [-0.05, 0) is 62.1 Å². The number of hydrogen-bond acceptors (Lipinski definition) is 10. The maximum atomic E-state index is 12.9. The van der Waals surface area contributed by atoms with Crippen LogP contribution in [0.25, 0.3) is 0 Å². The molecule has 6 rings (SSSR count). The second-order valence-corrected chi connectivity index (χ2v) is 10.3. The van der Waals surface area contributed by atoms with E-state index in [1.807, 2.05) is 11.0 Å². The third-order valence-electron chi connectivity index (χ3n) is 7.65. The number of rotatable bonds is 8. The third-order valence-corrected chi connectivity index (χ3v) is 7.65. The number of fused-ring (bicyclic) bond motifs is 1. The van der Waals surface area contributed by atoms with Crippen LogP contribution in [0.15, 0.2) is 23.4 Å². The molecule has 0 bridgehead atoms. The molecular weight excluding hydrogens is 474 g/mol. The number of aromatic nitrogens is 4. The van der Waals surface area contributed by atoms with E-state index in [1.165, 1.54) is 5.57 Å². The zero-order valence-corrected chi connectivity index (χ0v) is 20.2. The highest BCUT2D eigenvalue weighted by Gasteiger charge is 2.45. The number of piperidine rings is 1. The summed E-state index contributed by atoms with van der Waals surface area (Å²) in [6.45, 7) is 1.39. The molecule has 1 atom stereocenters. The molecule has 2 aromatic rings. The van der Waals surface area contributed by atoms with E-state index in [0.29, 0.717) is 25.0 Å². The van der Waals surface area contributed by atoms with Crippen molar-refractivity contribution in [2.75, 3.05) is 30.3 Å². The Morgan fingerprint density at radius 3 is 2.54 bits per heavy atom. The molecule has 1 unspecified atom stereocenters. The molecule has 5 N–H and O–H groups in total. The summed E-state index contributed by atoms with van der Waals surface area (Å²) in [7, 11) is 0. The van der Waals surface area contributed by atoms with Gasteiger partial charge in [0.15, 0.2) is 5.69 Å². The smallest absolute Gasteiger partial charge is 0.322 e. The molecule has 190 valence electrons. The fourth-order valence-electron chi connectivity index (χ4n) is 4.92. The summed E-state index contributed by atoms with van der Waals surface area (Å²) < 4.78 is 5.79. The molecule has 2 saturated carbocycles. The summed E-state index contributed by atoms with van der Waals surface area (Å²) in [4.78, 5) is 44.2. The van der Waals surface area contributed by atoms with Gasteiger partial charge in [-0.15, -0.1) is 0 Å². The van der Waals surface area contributed by atoms with E-state index in [-0.39, 0.29) is 41.6 Å². The van der Waals surface area contributed by atoms with Gasteiger partial charge in [-0.25, -0.2) is 4.98 Å². The third kappa shape index (κ3) is 4.52. The van der Waals surface area contributed by atoms with E-state index in [4.69, 9.17) is 16.2 Å². The number of primary amides is 1. The number of nitrogens with zero attached hydrogens (tertiary/aromatic N) is 6. The van der Waals surface area contributed by atoms with Crippen molar-refractivity contribution in [2.24, 2.45) is 17.1 Å². The Morgan fingerprint density at radius 2 is 1.92 bits per heavy atom. The fraction of sp³-hybridized carbons (Fsp3) is 0.480. The second-order valence-electron chi connectivity index (χ2n) is 10.3. The van der Waals surface area contributed by atoms with Gasteiger partial charge in [-0.1, -0.05) is 0 Å². The summed E-state index contributed by atoms with van der Waals surface area (Å²) in [5.41, 5.74) is 14.1. The van der Waals surface area contributed by atoms with Gasteiger partial charge in [0, 0.05) is 30.4 Å². The minimum atomic E-state index is -0.652. The van der Waals surface area contributed by atoms with Crippen LogP contribution in [0.5, 0.6) is 6.01 Å². The van der Waals surface area contributed by atoms with Gasteiger partial charge in [0.1, 0.15) is 6.61 Å². The topological polar surface area (TPSA) is 186 Å². The highest BCUT2D eigenvalue weighted by molar-refractivity contribution is 5.95. The van der Waals surface area contributed by atoms with Crippen molar-refractivity contribution in [3.05, 3.63) is 40.6 Å². The molecule has 12 heteroatoms. The molecule has 4 aliphatic rings. The lowest BCUT2D eigenvalue weighted by Crippen LogP contribution is -2.36. The minimum Gasteiger partial charge on any atom is -0.462 e. The van der Waals surface area contributed by atoms with Gasteiger partial charge in [-0.3, -0.25) is 9.59 Å². The second kappa shape index (κ2) is 8.69. The number of nitriles is 1. The Hall–Kier alpha value is -4.27. The minimum absolute atomic E-state index is 0.00701. The van der Waals surface area contributed by atoms with Gasteiger partial charge in [0.2, 0.25) is 11.8 Å². The van der Waals surface area contributed by atoms with Crippen LogP contribution >= 0.6 is 0 Å². The van der Waals surface area contributed by atoms with E-state index >= 15 is 0 Å². The number of hydrogen-bond donors (Lipinski definition) is 3. The number of carbonyl (C=O) groups is 2. The van der Waals surface area contributed by atoms with Crippen LogP contribution in [-0.4, -0.2) is 51.4 Å². The number of carbonyl (C=O) groups excluding carboxylic acids is 2. The SMILES string of the molecule is N#CC1(COc2nc(C(=O)NC3=C4CC4C3)nc(N3CCC(c4ccc(N)c(C(N)=O)n4)CC3)n2)CC1. The van der Waals surface area contributed by atoms with Crippen molar-refractivity contribution in [2.45, 2.75) is 44.4 Å². The van der Waals surface area contributed by atoms with Crippen molar-refractivity contribution in [1.29, 1.82) is 5.26 Å². The Labute approximate surface area is 213 Å². The zero-order chi connectivity index (χ0) is 25.7. The standard InChI is InChI=1S/C25H27N9O3/c26-11-25(5-6-25)12-37-24-32-21(22(36)30-18-10-14-9-15(14)18)31-23(33-24)34-7-3-13(4-8-34)17-2-1-16(27)19(29-17)20(28)35/h1-2,13-14H,3-10,12,27H2,(H2,28,35)(H,30,36). The van der Waals surface area contributed by atoms with Crippen molar-refractivity contribution in [3.8, 4) is 12.1 Å². The van der Waals surface area contributed by atoms with E-state index in [1.54, 1.807) is 6.07 Å². The number of allylic oxidation sites excluding steroid dienone is 2. The molecule has 37 heavy (non-hydrogen) atoms. The summed E-state index contributed by atoms with van der Waals surface area (Å²) in [5.74, 6) is 0.0587. The first kappa shape index (κ1) is 23.1. The lowest BCUT2D eigenvalue weighted by atomic mass is 9.93. The summed E-state index contributed by atoms with van der Waals surface area (Å²) >= 11 is 0. The molecule has 2 amide bonds. The quantitative estimate of drug-likeness (QED) is 0.477. The largest absolute Gasteiger partial charge is 0.462 e. The lowest BCUT2D eigenvalue weighted by molar-refractivity contribution is 0.0948. The van der Waals surface area contributed by atoms with Gasteiger partial charge in [0.05, 0.1) is 17.2 Å². The lowest BCUT2D eigenvalue weighted by Gasteiger charge is -2.32. The highest BCUT2D eigenvalue weighted by atomic mass is 16.5. The van der Waals surface area contributed by atoms with Crippen molar-refractivity contribution >= 4 is 23.5 Å². The highest BCUT2D eigenvalue weighted by Crippen LogP contribution is 2.53. The fourth-order valence-corrected chi connectivity index (χ4v) is 4.92. The van der Waals surface area contributed by atoms with E-state index in [9.17, 15) is 14.9 Å². The van der Waals surface area contributed by atoms with Crippen LogP contribution in [0, 0.1) is 22.7 Å². The number of nitrogen functional groups attached to an aromatic ring is 1. The Morgan fingerprint density at radius 1 is 1.14 bits per heavy atom. The Bertz CT molecular complexity index is 1370. The van der Waals surface area contributed by atoms with E-state index in [0.717, 1.165) is 49.9 Å². The monoisotopic (exact) mass is 501 g/mol.